The predicted molar refractivity (Wildman–Crippen MR) is 146 cm³/mol. The Balaban J connectivity index is 1.42. The topological polar surface area (TPSA) is 135 Å². The fourth-order valence-corrected chi connectivity index (χ4v) is 6.03. The second kappa shape index (κ2) is 13.0. The van der Waals surface area contributed by atoms with Gasteiger partial charge in [0.15, 0.2) is 0 Å². The van der Waals surface area contributed by atoms with Gasteiger partial charge in [-0.2, -0.15) is 0 Å². The van der Waals surface area contributed by atoms with Crippen LogP contribution in [0.5, 0.6) is 0 Å². The monoisotopic (exact) mass is 525 g/mol. The third-order valence-corrected chi connectivity index (χ3v) is 8.34. The molecule has 4 rings (SSSR count). The van der Waals surface area contributed by atoms with E-state index >= 15 is 0 Å². The van der Waals surface area contributed by atoms with Gasteiger partial charge in [0.1, 0.15) is 17.9 Å². The number of benzene rings is 1. The van der Waals surface area contributed by atoms with Crippen LogP contribution in [-0.2, 0) is 16.1 Å². The number of amides is 2. The summed E-state index contributed by atoms with van der Waals surface area (Å²) in [4.78, 5) is 30.8. The van der Waals surface area contributed by atoms with Crippen LogP contribution in [0.25, 0.3) is 0 Å². The van der Waals surface area contributed by atoms with E-state index in [0.29, 0.717) is 25.3 Å². The van der Waals surface area contributed by atoms with Crippen LogP contribution < -0.4 is 21.3 Å². The van der Waals surface area contributed by atoms with Gasteiger partial charge in [-0.05, 0) is 56.0 Å². The molecule has 2 aliphatic heterocycles. The predicted octanol–water partition coefficient (Wildman–Crippen LogP) is 1.74. The van der Waals surface area contributed by atoms with Crippen LogP contribution in [0.4, 0.5) is 0 Å². The number of aliphatic imine (C=N–C) groups is 1. The first kappa shape index (κ1) is 28.5. The molecule has 6 unspecified atom stereocenters. The molecule has 9 heteroatoms. The summed E-state index contributed by atoms with van der Waals surface area (Å²) in [5.74, 6) is 2.37. The molecule has 0 radical (unpaired) electrons. The number of nitrogens with zero attached hydrogens (tertiary/aromatic N) is 1. The molecule has 9 nitrogen and oxygen atoms in total. The fraction of sp³-hybridized carbons (Fsp3) is 0.655. The molecule has 6 N–H and O–H groups in total. The Kier molecular flexibility index (Phi) is 9.74. The Morgan fingerprint density at radius 3 is 2.61 bits per heavy atom. The highest BCUT2D eigenvalue weighted by molar-refractivity contribution is 5.84. The molecule has 1 aromatic carbocycles. The third-order valence-electron chi connectivity index (χ3n) is 8.34. The van der Waals surface area contributed by atoms with E-state index in [-0.39, 0.29) is 24.3 Å². The van der Waals surface area contributed by atoms with Crippen molar-refractivity contribution in [2.24, 2.45) is 16.8 Å². The van der Waals surface area contributed by atoms with Crippen molar-refractivity contribution in [1.82, 2.24) is 21.3 Å². The molecule has 208 valence electrons. The van der Waals surface area contributed by atoms with Gasteiger partial charge in [-0.3, -0.25) is 20.2 Å². The highest BCUT2D eigenvalue weighted by Gasteiger charge is 2.53. The van der Waals surface area contributed by atoms with Crippen LogP contribution >= 0.6 is 0 Å². The van der Waals surface area contributed by atoms with Gasteiger partial charge >= 0.3 is 0 Å². The van der Waals surface area contributed by atoms with Crippen LogP contribution in [0.15, 0.2) is 41.4 Å². The van der Waals surface area contributed by atoms with Crippen LogP contribution in [-0.4, -0.2) is 64.0 Å². The smallest absolute Gasteiger partial charge is 0.240 e. The summed E-state index contributed by atoms with van der Waals surface area (Å²) in [6, 6.07) is 8.19. The Labute approximate surface area is 225 Å². The summed E-state index contributed by atoms with van der Waals surface area (Å²) in [5, 5.41) is 34.8. The number of nitrogens with one attached hydrogen (secondary N) is 4. The average molecular weight is 526 g/mol. The van der Waals surface area contributed by atoms with Crippen molar-refractivity contribution in [3.8, 4) is 0 Å². The Morgan fingerprint density at radius 2 is 1.89 bits per heavy atom. The van der Waals surface area contributed by atoms with Crippen molar-refractivity contribution in [3.05, 3.63) is 42.0 Å². The molecule has 3 aliphatic rings. The summed E-state index contributed by atoms with van der Waals surface area (Å²) >= 11 is 0. The molecule has 0 spiro atoms. The quantitative estimate of drug-likeness (QED) is 0.291. The molecule has 2 amide bonds. The van der Waals surface area contributed by atoms with E-state index in [1.165, 1.54) is 19.3 Å². The lowest BCUT2D eigenvalue weighted by molar-refractivity contribution is -0.165. The largest absolute Gasteiger partial charge is 0.384 e. The zero-order chi connectivity index (χ0) is 27.1. The van der Waals surface area contributed by atoms with Crippen molar-refractivity contribution in [3.63, 3.8) is 0 Å². The fourth-order valence-electron chi connectivity index (χ4n) is 6.03. The summed E-state index contributed by atoms with van der Waals surface area (Å²) < 4.78 is 0. The molecule has 38 heavy (non-hydrogen) atoms. The van der Waals surface area contributed by atoms with E-state index in [9.17, 15) is 19.8 Å². The normalized spacial score (nSPS) is 32.5. The molecule has 1 aromatic rings. The Morgan fingerprint density at radius 1 is 1.16 bits per heavy atom. The molecule has 1 aliphatic carbocycles. The SMILES string of the molecule is CCCC1(O)C(O)NC(C2CC(C(=O)NCc3ccccc3)C=C=N2)NC1C(=O)N[C@H](C)C1CCCCC1. The van der Waals surface area contributed by atoms with Gasteiger partial charge in [0.05, 0.1) is 18.1 Å². The molecule has 1 saturated carbocycles. The van der Waals surface area contributed by atoms with Crippen molar-refractivity contribution < 1.29 is 19.8 Å². The lowest BCUT2D eigenvalue weighted by atomic mass is 9.81. The van der Waals surface area contributed by atoms with Gasteiger partial charge in [-0.25, -0.2) is 4.99 Å². The van der Waals surface area contributed by atoms with Crippen LogP contribution in [0, 0.1) is 11.8 Å². The summed E-state index contributed by atoms with van der Waals surface area (Å²) in [6.45, 7) is 4.36. The molecular formula is C29H43N5O4. The Bertz CT molecular complexity index is 1010. The highest BCUT2D eigenvalue weighted by atomic mass is 16.4. The zero-order valence-corrected chi connectivity index (χ0v) is 22.5. The van der Waals surface area contributed by atoms with Crippen molar-refractivity contribution >= 4 is 17.7 Å². The van der Waals surface area contributed by atoms with Gasteiger partial charge in [0.25, 0.3) is 0 Å². The minimum Gasteiger partial charge on any atom is -0.384 e. The average Bonchev–Trinajstić information content (AvgIpc) is 2.94. The van der Waals surface area contributed by atoms with Crippen LogP contribution in [0.2, 0.25) is 0 Å². The minimum absolute atomic E-state index is 0.0192. The number of rotatable bonds is 9. The van der Waals surface area contributed by atoms with Gasteiger partial charge in [-0.15, -0.1) is 0 Å². The first-order chi connectivity index (χ1) is 18.3. The zero-order valence-electron chi connectivity index (χ0n) is 22.5. The van der Waals surface area contributed by atoms with Crippen LogP contribution in [0.3, 0.4) is 0 Å². The Hall–Kier alpha value is -2.55. The van der Waals surface area contributed by atoms with Crippen LogP contribution in [0.1, 0.15) is 70.8 Å². The maximum atomic E-state index is 13.5. The van der Waals surface area contributed by atoms with Gasteiger partial charge < -0.3 is 20.8 Å². The molecular weight excluding hydrogens is 482 g/mol. The summed E-state index contributed by atoms with van der Waals surface area (Å²) in [5.41, 5.74) is -0.668. The van der Waals surface area contributed by atoms with E-state index in [1.54, 1.807) is 6.08 Å². The van der Waals surface area contributed by atoms with E-state index in [0.717, 1.165) is 18.4 Å². The van der Waals surface area contributed by atoms with Crippen molar-refractivity contribution in [1.29, 1.82) is 0 Å². The van der Waals surface area contributed by atoms with E-state index in [2.05, 4.69) is 32.1 Å². The van der Waals surface area contributed by atoms with Crippen molar-refractivity contribution in [2.75, 3.05) is 0 Å². The first-order valence-corrected chi connectivity index (χ1v) is 14.1. The maximum Gasteiger partial charge on any atom is 0.240 e. The van der Waals surface area contributed by atoms with Crippen molar-refractivity contribution in [2.45, 2.75) is 108 Å². The number of hydrogen-bond donors (Lipinski definition) is 6. The molecule has 7 atom stereocenters. The number of aliphatic hydroxyl groups is 2. The third kappa shape index (κ3) is 6.71. The molecule has 1 saturated heterocycles. The molecule has 0 aromatic heterocycles. The van der Waals surface area contributed by atoms with E-state index in [1.807, 2.05) is 44.2 Å². The van der Waals surface area contributed by atoms with Gasteiger partial charge in [-0.1, -0.05) is 62.9 Å². The van der Waals surface area contributed by atoms with Gasteiger partial charge in [0, 0.05) is 12.6 Å². The second-order valence-corrected chi connectivity index (χ2v) is 11.1. The first-order valence-electron chi connectivity index (χ1n) is 14.1. The van der Waals surface area contributed by atoms with Gasteiger partial charge in [0.2, 0.25) is 11.8 Å². The molecule has 2 fully saturated rings. The number of carbonyl (C=O) groups is 2. The van der Waals surface area contributed by atoms with E-state index in [4.69, 9.17) is 0 Å². The number of carbonyl (C=O) groups excluding carboxylic acids is 2. The number of aliphatic hydroxyl groups excluding tert-OH is 1. The lowest BCUT2D eigenvalue weighted by Gasteiger charge is -2.48. The molecule has 2 heterocycles. The maximum absolute atomic E-state index is 13.5. The lowest BCUT2D eigenvalue weighted by Crippen LogP contribution is -2.78. The standard InChI is InChI=1S/C29H43N5O4/c1-3-15-29(38)24(27(36)32-19(2)21-12-8-5-9-13-21)33-25(34-28(29)37)23-17-22(14-16-30-23)26(35)31-18-20-10-6-4-7-11-20/h4,6-7,10-11,14,19,21-25,28,33-34,37-38H,3,5,8-9,12-13,15,17-18H2,1-2H3,(H,31,35)(H,32,36)/t19-,22?,23?,24?,25?,28?,29?/m1/s1. The molecule has 0 bridgehead atoms. The van der Waals surface area contributed by atoms with E-state index < -0.39 is 36.0 Å². The highest BCUT2D eigenvalue weighted by Crippen LogP contribution is 2.30. The minimum atomic E-state index is -1.68. The summed E-state index contributed by atoms with van der Waals surface area (Å²) in [7, 11) is 0. The summed E-state index contributed by atoms with van der Waals surface area (Å²) in [6.07, 6.45) is 6.67. The second-order valence-electron chi connectivity index (χ2n) is 11.1. The number of hydrogen-bond acceptors (Lipinski definition) is 7.